The van der Waals surface area contributed by atoms with Gasteiger partial charge in [-0.3, -0.25) is 19.6 Å². The predicted octanol–water partition coefficient (Wildman–Crippen LogP) is 1.58. The Morgan fingerprint density at radius 2 is 1.83 bits per heavy atom. The van der Waals surface area contributed by atoms with Gasteiger partial charge in [0.05, 0.1) is 30.8 Å². The molecule has 2 amide bonds. The summed E-state index contributed by atoms with van der Waals surface area (Å²) in [6.07, 6.45) is 1.67. The summed E-state index contributed by atoms with van der Waals surface area (Å²) in [7, 11) is 1.62. The number of aliphatic carboxylic acids is 1. The van der Waals surface area contributed by atoms with Gasteiger partial charge in [0.2, 0.25) is 11.8 Å². The van der Waals surface area contributed by atoms with E-state index in [4.69, 9.17) is 26.9 Å². The van der Waals surface area contributed by atoms with E-state index in [1.165, 1.54) is 0 Å². The summed E-state index contributed by atoms with van der Waals surface area (Å²) in [6.45, 7) is 9.05. The molecule has 0 radical (unpaired) electrons. The molecule has 0 saturated carbocycles. The second-order valence-corrected chi connectivity index (χ2v) is 11.4. The number of pyridine rings is 1. The van der Waals surface area contributed by atoms with E-state index in [0.29, 0.717) is 25.9 Å². The van der Waals surface area contributed by atoms with Crippen LogP contribution in [0.2, 0.25) is 0 Å². The number of rotatable bonds is 16. The van der Waals surface area contributed by atoms with E-state index in [2.05, 4.69) is 41.7 Å². The molecule has 13 heteroatoms. The topological polar surface area (TPSA) is 220 Å². The fourth-order valence-corrected chi connectivity index (χ4v) is 4.21. The molecule has 0 saturated heterocycles. The number of ether oxygens (including phenoxy) is 1. The molecule has 2 aromatic rings. The molecule has 0 fully saturated rings. The second-order valence-electron chi connectivity index (χ2n) is 11.4. The van der Waals surface area contributed by atoms with Crippen LogP contribution in [0.15, 0.2) is 29.3 Å². The van der Waals surface area contributed by atoms with Crippen LogP contribution in [-0.2, 0) is 19.8 Å². The van der Waals surface area contributed by atoms with Gasteiger partial charge in [0.25, 0.3) is 0 Å². The monoisotopic (exact) mass is 586 g/mol. The van der Waals surface area contributed by atoms with E-state index < -0.39 is 36.3 Å². The highest BCUT2D eigenvalue weighted by Gasteiger charge is 2.25. The Morgan fingerprint density at radius 1 is 1.12 bits per heavy atom. The summed E-state index contributed by atoms with van der Waals surface area (Å²) < 4.78 is 5.48. The largest absolute Gasteiger partial charge is 0.497 e. The van der Waals surface area contributed by atoms with Crippen molar-refractivity contribution < 1.29 is 24.2 Å². The average Bonchev–Trinajstić information content (AvgIpc) is 2.91. The number of carbonyl (C=O) groups is 3. The number of hydrogen-bond acceptors (Lipinski definition) is 8. The summed E-state index contributed by atoms with van der Waals surface area (Å²) in [5.74, 6) is -1.80. The molecule has 13 nitrogen and oxygen atoms in total. The first-order valence-electron chi connectivity index (χ1n) is 14.1. The second kappa shape index (κ2) is 15.8. The quantitative estimate of drug-likeness (QED) is 0.0855. The van der Waals surface area contributed by atoms with Gasteiger partial charge in [-0.25, -0.2) is 4.79 Å². The minimum Gasteiger partial charge on any atom is -0.497 e. The highest BCUT2D eigenvalue weighted by molar-refractivity contribution is 5.92. The van der Waals surface area contributed by atoms with Crippen molar-refractivity contribution in [2.24, 2.45) is 22.2 Å². The maximum absolute atomic E-state index is 12.4. The maximum Gasteiger partial charge on any atom is 0.326 e. The molecule has 0 spiro atoms. The van der Waals surface area contributed by atoms with Crippen LogP contribution in [-0.4, -0.2) is 72.2 Å². The number of benzene rings is 1. The van der Waals surface area contributed by atoms with E-state index >= 15 is 0 Å². The van der Waals surface area contributed by atoms with Gasteiger partial charge < -0.3 is 43.0 Å². The van der Waals surface area contributed by atoms with Gasteiger partial charge in [-0.2, -0.15) is 0 Å². The molecule has 3 atom stereocenters. The number of carbonyl (C=O) groups excluding carboxylic acids is 2. The Labute approximate surface area is 247 Å². The first-order chi connectivity index (χ1) is 19.7. The number of hydrogen-bond donors (Lipinski definition) is 7. The van der Waals surface area contributed by atoms with Gasteiger partial charge in [0, 0.05) is 41.7 Å². The zero-order valence-corrected chi connectivity index (χ0v) is 25.2. The molecule has 1 unspecified atom stereocenters. The molecule has 2 rings (SSSR count). The average molecular weight is 587 g/mol. The SMILES string of the molecule is COc1cc(NC(C)CCCNC(=O)C[C@H](NC(=O)[C@@H](N)CCCN=C(N)N)C(=O)O)c2nc(C(C)(C)C)ccc2c1. The third-order valence-corrected chi connectivity index (χ3v) is 6.62. The number of aliphatic imine (C=N–C) groups is 1. The highest BCUT2D eigenvalue weighted by Crippen LogP contribution is 2.31. The molecule has 0 aliphatic carbocycles. The minimum atomic E-state index is -1.39. The third kappa shape index (κ3) is 11.0. The van der Waals surface area contributed by atoms with Crippen molar-refractivity contribution in [3.63, 3.8) is 0 Å². The van der Waals surface area contributed by atoms with Crippen LogP contribution in [0.25, 0.3) is 10.9 Å². The number of aromatic nitrogens is 1. The van der Waals surface area contributed by atoms with Crippen LogP contribution in [0.5, 0.6) is 5.75 Å². The lowest BCUT2D eigenvalue weighted by atomic mass is 9.91. The van der Waals surface area contributed by atoms with Crippen molar-refractivity contribution in [1.82, 2.24) is 15.6 Å². The van der Waals surface area contributed by atoms with Gasteiger partial charge in [-0.15, -0.1) is 0 Å². The third-order valence-electron chi connectivity index (χ3n) is 6.62. The van der Waals surface area contributed by atoms with Crippen molar-refractivity contribution in [3.05, 3.63) is 30.0 Å². The summed E-state index contributed by atoms with van der Waals surface area (Å²) in [4.78, 5) is 45.1. The van der Waals surface area contributed by atoms with E-state index in [9.17, 15) is 19.5 Å². The fourth-order valence-electron chi connectivity index (χ4n) is 4.21. The molecular formula is C29H46N8O5. The standard InChI is InChI=1S/C29H46N8O5/c1-17(35-21-15-19(42-5)14-18-10-11-23(29(2,3)4)37-25(18)21)8-6-12-33-24(38)16-22(27(40)41)36-26(39)20(30)9-7-13-34-28(31)32/h10-11,14-15,17,20,22,35H,6-9,12-13,16,30H2,1-5H3,(H,33,38)(H,36,39)(H,40,41)(H4,31,32,34)/t17?,20-,22-/m0/s1. The number of carboxylic acids is 1. The number of guanidine groups is 1. The van der Waals surface area contributed by atoms with E-state index in [1.807, 2.05) is 31.2 Å². The number of carboxylic acid groups (broad SMARTS) is 1. The van der Waals surface area contributed by atoms with Gasteiger partial charge in [0.15, 0.2) is 5.96 Å². The van der Waals surface area contributed by atoms with Crippen molar-refractivity contribution in [2.45, 2.75) is 83.3 Å². The number of amides is 2. The van der Waals surface area contributed by atoms with Crippen molar-refractivity contribution in [2.75, 3.05) is 25.5 Å². The molecule has 0 aliphatic rings. The summed E-state index contributed by atoms with van der Waals surface area (Å²) >= 11 is 0. The Kier molecular flexibility index (Phi) is 12.8. The Bertz CT molecular complexity index is 1260. The summed E-state index contributed by atoms with van der Waals surface area (Å²) in [5, 5.41) is 19.0. The van der Waals surface area contributed by atoms with E-state index in [0.717, 1.165) is 34.5 Å². The number of nitrogens with zero attached hydrogens (tertiary/aromatic N) is 2. The molecule has 10 N–H and O–H groups in total. The zero-order chi connectivity index (χ0) is 31.4. The predicted molar refractivity (Wildman–Crippen MR) is 164 cm³/mol. The molecule has 42 heavy (non-hydrogen) atoms. The molecule has 1 aromatic carbocycles. The van der Waals surface area contributed by atoms with E-state index in [1.54, 1.807) is 7.11 Å². The van der Waals surface area contributed by atoms with Crippen molar-refractivity contribution in [1.29, 1.82) is 0 Å². The molecule has 1 aromatic heterocycles. The fraction of sp³-hybridized carbons (Fsp3) is 0.552. The van der Waals surface area contributed by atoms with Crippen LogP contribution in [0, 0.1) is 0 Å². The van der Waals surface area contributed by atoms with Crippen LogP contribution >= 0.6 is 0 Å². The highest BCUT2D eigenvalue weighted by atomic mass is 16.5. The number of anilines is 1. The molecule has 0 aliphatic heterocycles. The molecule has 1 heterocycles. The lowest BCUT2D eigenvalue weighted by molar-refractivity contribution is -0.143. The van der Waals surface area contributed by atoms with Gasteiger partial charge in [0.1, 0.15) is 11.8 Å². The van der Waals surface area contributed by atoms with Gasteiger partial charge >= 0.3 is 5.97 Å². The lowest BCUT2D eigenvalue weighted by Gasteiger charge is -2.21. The minimum absolute atomic E-state index is 0.0526. The first kappa shape index (κ1) is 34.1. The van der Waals surface area contributed by atoms with Crippen LogP contribution in [0.1, 0.15) is 65.5 Å². The number of nitrogens with one attached hydrogen (secondary N) is 3. The normalized spacial score (nSPS) is 13.5. The smallest absolute Gasteiger partial charge is 0.326 e. The van der Waals surface area contributed by atoms with Gasteiger partial charge in [-0.1, -0.05) is 26.8 Å². The van der Waals surface area contributed by atoms with Crippen LogP contribution in [0.4, 0.5) is 5.69 Å². The first-order valence-corrected chi connectivity index (χ1v) is 14.1. The Hall–Kier alpha value is -4.13. The number of fused-ring (bicyclic) bond motifs is 1. The van der Waals surface area contributed by atoms with Crippen LogP contribution < -0.4 is 37.9 Å². The Balaban J connectivity index is 1.87. The summed E-state index contributed by atoms with van der Waals surface area (Å²) in [6, 6.07) is 5.67. The van der Waals surface area contributed by atoms with Crippen molar-refractivity contribution >= 4 is 40.3 Å². The number of methoxy groups -OCH3 is 1. The maximum atomic E-state index is 12.4. The number of nitrogens with two attached hydrogens (primary N) is 3. The Morgan fingerprint density at radius 3 is 2.45 bits per heavy atom. The van der Waals surface area contributed by atoms with Gasteiger partial charge in [-0.05, 0) is 44.7 Å². The summed E-state index contributed by atoms with van der Waals surface area (Å²) in [5.41, 5.74) is 19.0. The molecular weight excluding hydrogens is 540 g/mol. The van der Waals surface area contributed by atoms with Crippen LogP contribution in [0.3, 0.4) is 0 Å². The van der Waals surface area contributed by atoms with Crippen molar-refractivity contribution in [3.8, 4) is 5.75 Å². The molecule has 0 bridgehead atoms. The zero-order valence-electron chi connectivity index (χ0n) is 25.2. The molecule has 232 valence electrons. The lowest BCUT2D eigenvalue weighted by Crippen LogP contribution is -2.50. The van der Waals surface area contributed by atoms with E-state index in [-0.39, 0.29) is 23.8 Å².